The highest BCUT2D eigenvalue weighted by molar-refractivity contribution is 9.10. The molecule has 7 heteroatoms. The molecule has 0 aliphatic rings. The van der Waals surface area contributed by atoms with E-state index in [4.69, 9.17) is 5.73 Å². The molecule has 1 atom stereocenters. The minimum atomic E-state index is -4.44. The fraction of sp³-hybridized carbons (Fsp3) is 0.250. The Morgan fingerprint density at radius 1 is 1.32 bits per heavy atom. The van der Waals surface area contributed by atoms with Crippen molar-refractivity contribution >= 4 is 15.9 Å². The van der Waals surface area contributed by atoms with Gasteiger partial charge in [-0.25, -0.2) is 0 Å². The van der Waals surface area contributed by atoms with Gasteiger partial charge in [-0.3, -0.25) is 4.68 Å². The quantitative estimate of drug-likeness (QED) is 0.937. The van der Waals surface area contributed by atoms with Crippen molar-refractivity contribution in [3.05, 3.63) is 52.3 Å². The number of hydrogen-bond acceptors (Lipinski definition) is 2. The summed E-state index contributed by atoms with van der Waals surface area (Å²) in [5, 5.41) is 3.56. The fourth-order valence-corrected chi connectivity index (χ4v) is 2.19. The standard InChI is InChI=1S/C12H11BrF3N3/c13-9-3-1-2-8(6-9)10(7-17)19-5-4-11(18-19)12(14,15)16/h1-6,10H,7,17H2. The summed E-state index contributed by atoms with van der Waals surface area (Å²) < 4.78 is 39.6. The van der Waals surface area contributed by atoms with Crippen molar-refractivity contribution in [3.8, 4) is 0 Å². The molecule has 1 aromatic carbocycles. The molecule has 0 aliphatic heterocycles. The molecule has 2 N–H and O–H groups in total. The summed E-state index contributed by atoms with van der Waals surface area (Å²) in [6.45, 7) is 0.162. The lowest BCUT2D eigenvalue weighted by Gasteiger charge is -2.16. The van der Waals surface area contributed by atoms with Crippen molar-refractivity contribution in [3.63, 3.8) is 0 Å². The minimum Gasteiger partial charge on any atom is -0.328 e. The molecule has 1 heterocycles. The van der Waals surface area contributed by atoms with Gasteiger partial charge in [-0.2, -0.15) is 18.3 Å². The van der Waals surface area contributed by atoms with Crippen molar-refractivity contribution in [2.24, 2.45) is 5.73 Å². The molecule has 3 nitrogen and oxygen atoms in total. The van der Waals surface area contributed by atoms with Gasteiger partial charge in [0.2, 0.25) is 0 Å². The Labute approximate surface area is 116 Å². The largest absolute Gasteiger partial charge is 0.435 e. The van der Waals surface area contributed by atoms with E-state index in [0.717, 1.165) is 16.1 Å². The lowest BCUT2D eigenvalue weighted by molar-refractivity contribution is -0.141. The van der Waals surface area contributed by atoms with Gasteiger partial charge in [0.1, 0.15) is 0 Å². The highest BCUT2D eigenvalue weighted by atomic mass is 79.9. The highest BCUT2D eigenvalue weighted by Crippen LogP contribution is 2.29. The predicted molar refractivity (Wildman–Crippen MR) is 68.6 cm³/mol. The predicted octanol–water partition coefficient (Wildman–Crippen LogP) is 3.21. The lowest BCUT2D eigenvalue weighted by Crippen LogP contribution is -2.21. The monoisotopic (exact) mass is 333 g/mol. The van der Waals surface area contributed by atoms with Gasteiger partial charge in [0, 0.05) is 17.2 Å². The molecule has 102 valence electrons. The van der Waals surface area contributed by atoms with E-state index < -0.39 is 17.9 Å². The van der Waals surface area contributed by atoms with E-state index >= 15 is 0 Å². The average molecular weight is 334 g/mol. The molecule has 0 fully saturated rings. The fourth-order valence-electron chi connectivity index (χ4n) is 1.77. The second-order valence-corrected chi connectivity index (χ2v) is 4.90. The number of hydrogen-bond donors (Lipinski definition) is 1. The molecule has 2 rings (SSSR count). The zero-order chi connectivity index (χ0) is 14.0. The third kappa shape index (κ3) is 3.16. The number of aromatic nitrogens is 2. The van der Waals surface area contributed by atoms with Crippen LogP contribution in [0.2, 0.25) is 0 Å². The average Bonchev–Trinajstić information content (AvgIpc) is 2.79. The second kappa shape index (κ2) is 5.34. The van der Waals surface area contributed by atoms with Crippen LogP contribution in [0.25, 0.3) is 0 Å². The summed E-state index contributed by atoms with van der Waals surface area (Å²) in [6.07, 6.45) is -3.15. The Hall–Kier alpha value is -1.34. The zero-order valence-corrected chi connectivity index (χ0v) is 11.3. The Bertz CT molecular complexity index is 565. The molecule has 0 bridgehead atoms. The highest BCUT2D eigenvalue weighted by Gasteiger charge is 2.34. The van der Waals surface area contributed by atoms with Crippen molar-refractivity contribution in [2.75, 3.05) is 6.54 Å². The van der Waals surface area contributed by atoms with Gasteiger partial charge in [-0.15, -0.1) is 0 Å². The van der Waals surface area contributed by atoms with Crippen molar-refractivity contribution in [2.45, 2.75) is 12.2 Å². The van der Waals surface area contributed by atoms with Crippen LogP contribution in [-0.2, 0) is 6.18 Å². The van der Waals surface area contributed by atoms with E-state index in [1.807, 2.05) is 12.1 Å². The number of nitrogens with zero attached hydrogens (tertiary/aromatic N) is 2. The van der Waals surface area contributed by atoms with Crippen molar-refractivity contribution in [1.29, 1.82) is 0 Å². The molecule has 19 heavy (non-hydrogen) atoms. The summed E-state index contributed by atoms with van der Waals surface area (Å²) >= 11 is 3.32. The van der Waals surface area contributed by atoms with Gasteiger partial charge in [0.25, 0.3) is 0 Å². The van der Waals surface area contributed by atoms with Gasteiger partial charge < -0.3 is 5.73 Å². The molecule has 2 aromatic rings. The van der Waals surface area contributed by atoms with E-state index in [1.165, 1.54) is 10.9 Å². The van der Waals surface area contributed by atoms with Crippen LogP contribution in [0, 0.1) is 0 Å². The molecule has 0 aliphatic carbocycles. The molecule has 0 radical (unpaired) electrons. The summed E-state index contributed by atoms with van der Waals surface area (Å²) in [7, 11) is 0. The number of benzene rings is 1. The third-order valence-electron chi connectivity index (χ3n) is 2.67. The normalized spacial score (nSPS) is 13.5. The maximum Gasteiger partial charge on any atom is 0.435 e. The lowest BCUT2D eigenvalue weighted by atomic mass is 10.1. The molecule has 0 saturated heterocycles. The molecule has 0 saturated carbocycles. The molecular weight excluding hydrogens is 323 g/mol. The Balaban J connectivity index is 2.35. The van der Waals surface area contributed by atoms with Crippen molar-refractivity contribution in [1.82, 2.24) is 9.78 Å². The summed E-state index contributed by atoms with van der Waals surface area (Å²) in [4.78, 5) is 0. The number of nitrogens with two attached hydrogens (primary N) is 1. The first kappa shape index (κ1) is 14.1. The van der Waals surface area contributed by atoms with Crippen LogP contribution >= 0.6 is 15.9 Å². The first-order chi connectivity index (χ1) is 8.91. The summed E-state index contributed by atoms with van der Waals surface area (Å²) in [5.41, 5.74) is 5.53. The third-order valence-corrected chi connectivity index (χ3v) is 3.17. The first-order valence-corrected chi connectivity index (χ1v) is 6.29. The first-order valence-electron chi connectivity index (χ1n) is 5.49. The molecule has 1 unspecified atom stereocenters. The molecule has 1 aromatic heterocycles. The smallest absolute Gasteiger partial charge is 0.328 e. The van der Waals surface area contributed by atoms with Gasteiger partial charge in [0.05, 0.1) is 6.04 Å². The maximum atomic E-state index is 12.5. The van der Waals surface area contributed by atoms with Crippen LogP contribution in [0.4, 0.5) is 13.2 Å². The Morgan fingerprint density at radius 3 is 2.58 bits per heavy atom. The van der Waals surface area contributed by atoms with Crippen LogP contribution in [0.1, 0.15) is 17.3 Å². The Kier molecular flexibility index (Phi) is 3.96. The summed E-state index contributed by atoms with van der Waals surface area (Å²) in [5.74, 6) is 0. The SMILES string of the molecule is NCC(c1cccc(Br)c1)n1ccc(C(F)(F)F)n1. The van der Waals surface area contributed by atoms with E-state index in [1.54, 1.807) is 12.1 Å². The van der Waals surface area contributed by atoms with Gasteiger partial charge >= 0.3 is 6.18 Å². The van der Waals surface area contributed by atoms with E-state index in [-0.39, 0.29) is 6.54 Å². The number of rotatable bonds is 3. The van der Waals surface area contributed by atoms with Crippen LogP contribution < -0.4 is 5.73 Å². The van der Waals surface area contributed by atoms with Crippen LogP contribution in [0.3, 0.4) is 0 Å². The van der Waals surface area contributed by atoms with Crippen LogP contribution in [0.15, 0.2) is 41.0 Å². The van der Waals surface area contributed by atoms with Gasteiger partial charge in [-0.05, 0) is 23.8 Å². The Morgan fingerprint density at radius 2 is 2.05 bits per heavy atom. The van der Waals surface area contributed by atoms with Crippen LogP contribution in [0.5, 0.6) is 0 Å². The van der Waals surface area contributed by atoms with E-state index in [9.17, 15) is 13.2 Å². The maximum absolute atomic E-state index is 12.5. The van der Waals surface area contributed by atoms with E-state index in [0.29, 0.717) is 0 Å². The summed E-state index contributed by atoms with van der Waals surface area (Å²) in [6, 6.07) is 7.77. The topological polar surface area (TPSA) is 43.8 Å². The van der Waals surface area contributed by atoms with E-state index in [2.05, 4.69) is 21.0 Å². The van der Waals surface area contributed by atoms with Crippen molar-refractivity contribution < 1.29 is 13.2 Å². The minimum absolute atomic E-state index is 0.162. The molecular formula is C12H11BrF3N3. The second-order valence-electron chi connectivity index (χ2n) is 3.99. The number of alkyl halides is 3. The zero-order valence-electron chi connectivity index (χ0n) is 9.73. The molecule has 0 amide bonds. The van der Waals surface area contributed by atoms with Gasteiger partial charge in [0.15, 0.2) is 5.69 Å². The van der Waals surface area contributed by atoms with Crippen LogP contribution in [-0.4, -0.2) is 16.3 Å². The molecule has 0 spiro atoms. The van der Waals surface area contributed by atoms with Gasteiger partial charge in [-0.1, -0.05) is 28.1 Å². The number of halogens is 4.